The van der Waals surface area contributed by atoms with Gasteiger partial charge in [0.25, 0.3) is 0 Å². The Morgan fingerprint density at radius 1 is 1.40 bits per heavy atom. The van der Waals surface area contributed by atoms with Gasteiger partial charge in [-0.15, -0.1) is 0 Å². The van der Waals surface area contributed by atoms with Gasteiger partial charge in [-0.2, -0.15) is 5.10 Å². The lowest BCUT2D eigenvalue weighted by Crippen LogP contribution is -2.40. The Kier molecular flexibility index (Phi) is 4.25. The Hall–Kier alpha value is -2.64. The molecule has 1 aliphatic heterocycles. The molecule has 2 aromatic heterocycles. The fourth-order valence-corrected chi connectivity index (χ4v) is 3.19. The maximum Gasteiger partial charge on any atom is 0.222 e. The van der Waals surface area contributed by atoms with Crippen molar-refractivity contribution in [3.63, 3.8) is 0 Å². The number of nitrogens with zero attached hydrogens (tertiary/aromatic N) is 5. The van der Waals surface area contributed by atoms with Crippen LogP contribution in [-0.4, -0.2) is 45.9 Å². The van der Waals surface area contributed by atoms with Crippen LogP contribution in [0.3, 0.4) is 0 Å². The lowest BCUT2D eigenvalue weighted by Gasteiger charge is -2.34. The highest BCUT2D eigenvalue weighted by Gasteiger charge is 2.29. The van der Waals surface area contributed by atoms with Crippen LogP contribution in [0.2, 0.25) is 0 Å². The molecule has 2 aliphatic rings. The molecule has 0 aromatic carbocycles. The zero-order valence-electron chi connectivity index (χ0n) is 14.3. The Bertz CT molecular complexity index is 757. The van der Waals surface area contributed by atoms with E-state index in [0.29, 0.717) is 31.3 Å². The molecule has 0 radical (unpaired) electrons. The summed E-state index contributed by atoms with van der Waals surface area (Å²) in [6.45, 7) is 2.16. The topological polar surface area (TPSA) is 85.2 Å². The third kappa shape index (κ3) is 3.57. The van der Waals surface area contributed by atoms with Gasteiger partial charge in [0.05, 0.1) is 31.8 Å². The van der Waals surface area contributed by atoms with Crippen molar-refractivity contribution in [2.45, 2.75) is 31.8 Å². The highest BCUT2D eigenvalue weighted by molar-refractivity contribution is 5.76. The van der Waals surface area contributed by atoms with Crippen LogP contribution in [0, 0.1) is 5.92 Å². The number of carbonyl (C=O) groups is 1. The van der Waals surface area contributed by atoms with E-state index in [2.05, 4.69) is 25.3 Å². The Morgan fingerprint density at radius 2 is 2.28 bits per heavy atom. The van der Waals surface area contributed by atoms with Crippen molar-refractivity contribution in [1.29, 1.82) is 0 Å². The molecule has 132 valence electrons. The van der Waals surface area contributed by atoms with Gasteiger partial charge >= 0.3 is 0 Å². The van der Waals surface area contributed by atoms with Crippen molar-refractivity contribution in [2.24, 2.45) is 5.92 Å². The summed E-state index contributed by atoms with van der Waals surface area (Å²) >= 11 is 0. The number of ether oxygens (including phenoxy) is 1. The molecule has 8 nitrogen and oxygen atoms in total. The normalized spacial score (nSPS) is 19.4. The van der Waals surface area contributed by atoms with E-state index < -0.39 is 0 Å². The first-order valence-electron chi connectivity index (χ1n) is 8.63. The number of hydrogen-bond acceptors (Lipinski definition) is 6. The molecule has 2 aromatic rings. The predicted molar refractivity (Wildman–Crippen MR) is 91.2 cm³/mol. The fraction of sp³-hybridized carbons (Fsp3) is 0.529. The van der Waals surface area contributed by atoms with E-state index in [1.807, 2.05) is 16.8 Å². The summed E-state index contributed by atoms with van der Waals surface area (Å²) in [5, 5.41) is 7.46. The molecule has 0 spiro atoms. The number of amides is 1. The molecule has 8 heteroatoms. The summed E-state index contributed by atoms with van der Waals surface area (Å²) in [7, 11) is 1.59. The van der Waals surface area contributed by atoms with Gasteiger partial charge in [0.1, 0.15) is 12.1 Å². The first-order chi connectivity index (χ1) is 12.2. The first-order valence-corrected chi connectivity index (χ1v) is 8.63. The van der Waals surface area contributed by atoms with Crippen LogP contribution in [-0.2, 0) is 11.3 Å². The maximum atomic E-state index is 12.3. The van der Waals surface area contributed by atoms with Crippen LogP contribution >= 0.6 is 0 Å². The maximum absolute atomic E-state index is 12.3. The molecule has 1 saturated carbocycles. The molecule has 1 fully saturated rings. The number of rotatable bonds is 6. The molecule has 0 bridgehead atoms. The van der Waals surface area contributed by atoms with E-state index in [-0.39, 0.29) is 11.9 Å². The predicted octanol–water partition coefficient (Wildman–Crippen LogP) is 1.16. The monoisotopic (exact) mass is 342 g/mol. The molecule has 1 amide bonds. The Balaban J connectivity index is 1.49. The van der Waals surface area contributed by atoms with Crippen molar-refractivity contribution in [3.8, 4) is 5.88 Å². The molecule has 25 heavy (non-hydrogen) atoms. The van der Waals surface area contributed by atoms with E-state index in [9.17, 15) is 4.79 Å². The number of nitrogens with one attached hydrogen (secondary N) is 1. The SMILES string of the molecule is COc1cc(N2Cc3ccnn3C(CC(=O)NCC3CC3)C2)ncn1. The summed E-state index contributed by atoms with van der Waals surface area (Å²) in [4.78, 5) is 22.9. The van der Waals surface area contributed by atoms with E-state index in [1.165, 1.54) is 19.2 Å². The summed E-state index contributed by atoms with van der Waals surface area (Å²) in [6.07, 6.45) is 6.17. The van der Waals surface area contributed by atoms with Gasteiger partial charge in [-0.05, 0) is 24.8 Å². The molecule has 3 heterocycles. The Labute approximate surface area is 146 Å². The minimum atomic E-state index is -0.0149. The van der Waals surface area contributed by atoms with E-state index in [1.54, 1.807) is 13.3 Å². The van der Waals surface area contributed by atoms with Crippen LogP contribution < -0.4 is 15.0 Å². The second-order valence-corrected chi connectivity index (χ2v) is 6.67. The van der Waals surface area contributed by atoms with Crippen molar-refractivity contribution in [1.82, 2.24) is 25.1 Å². The molecule has 1 atom stereocenters. The van der Waals surface area contributed by atoms with Crippen LogP contribution in [0.5, 0.6) is 5.88 Å². The van der Waals surface area contributed by atoms with Gasteiger partial charge in [-0.25, -0.2) is 9.97 Å². The summed E-state index contributed by atoms with van der Waals surface area (Å²) < 4.78 is 7.16. The highest BCUT2D eigenvalue weighted by Crippen LogP contribution is 2.29. The third-order valence-corrected chi connectivity index (χ3v) is 4.75. The van der Waals surface area contributed by atoms with Crippen molar-refractivity contribution in [3.05, 3.63) is 30.4 Å². The van der Waals surface area contributed by atoms with Gasteiger partial charge < -0.3 is 15.0 Å². The number of aromatic nitrogens is 4. The number of methoxy groups -OCH3 is 1. The molecular formula is C17H22N6O2. The summed E-state index contributed by atoms with van der Waals surface area (Å²) in [5.74, 6) is 2.09. The first kappa shape index (κ1) is 15.9. The van der Waals surface area contributed by atoms with Crippen molar-refractivity contribution >= 4 is 11.7 Å². The van der Waals surface area contributed by atoms with Crippen molar-refractivity contribution < 1.29 is 9.53 Å². The zero-order chi connectivity index (χ0) is 17.2. The van der Waals surface area contributed by atoms with Gasteiger partial charge in [-0.3, -0.25) is 9.48 Å². The molecule has 0 saturated heterocycles. The minimum Gasteiger partial charge on any atom is -0.481 e. The van der Waals surface area contributed by atoms with Crippen LogP contribution in [0.25, 0.3) is 0 Å². The largest absolute Gasteiger partial charge is 0.481 e. The molecule has 1 aliphatic carbocycles. The standard InChI is InChI=1S/C17H22N6O2/c1-25-17-7-15(19-11-20-17)22-9-13-4-5-21-23(13)14(10-22)6-16(24)18-8-12-2-3-12/h4-5,7,11-12,14H,2-3,6,8-10H2,1H3,(H,18,24). The lowest BCUT2D eigenvalue weighted by molar-refractivity contribution is -0.122. The summed E-state index contributed by atoms with van der Waals surface area (Å²) in [5.41, 5.74) is 1.07. The van der Waals surface area contributed by atoms with Crippen molar-refractivity contribution in [2.75, 3.05) is 25.1 Å². The second kappa shape index (κ2) is 6.70. The van der Waals surface area contributed by atoms with Crippen LogP contribution in [0.1, 0.15) is 31.0 Å². The van der Waals surface area contributed by atoms with Crippen LogP contribution in [0.4, 0.5) is 5.82 Å². The lowest BCUT2D eigenvalue weighted by atomic mass is 10.1. The second-order valence-electron chi connectivity index (χ2n) is 6.67. The summed E-state index contributed by atoms with van der Waals surface area (Å²) in [6, 6.07) is 3.79. The molecule has 1 N–H and O–H groups in total. The third-order valence-electron chi connectivity index (χ3n) is 4.75. The molecule has 4 rings (SSSR count). The van der Waals surface area contributed by atoms with Crippen LogP contribution in [0.15, 0.2) is 24.7 Å². The van der Waals surface area contributed by atoms with E-state index in [4.69, 9.17) is 4.74 Å². The Morgan fingerprint density at radius 3 is 3.08 bits per heavy atom. The molecule has 1 unspecified atom stereocenters. The number of anilines is 1. The van der Waals surface area contributed by atoms with E-state index in [0.717, 1.165) is 18.1 Å². The quantitative estimate of drug-likeness (QED) is 0.848. The zero-order valence-corrected chi connectivity index (χ0v) is 14.3. The number of carbonyl (C=O) groups excluding carboxylic acids is 1. The fourth-order valence-electron chi connectivity index (χ4n) is 3.19. The van der Waals surface area contributed by atoms with Gasteiger partial charge in [-0.1, -0.05) is 0 Å². The highest BCUT2D eigenvalue weighted by atomic mass is 16.5. The number of fused-ring (bicyclic) bond motifs is 1. The van der Waals surface area contributed by atoms with Gasteiger partial charge in [0.2, 0.25) is 11.8 Å². The van der Waals surface area contributed by atoms with E-state index >= 15 is 0 Å². The average Bonchev–Trinajstić information content (AvgIpc) is 3.35. The minimum absolute atomic E-state index is 0.0149. The van der Waals surface area contributed by atoms with Gasteiger partial charge in [0, 0.05) is 25.4 Å². The number of hydrogen-bond donors (Lipinski definition) is 1. The molecular weight excluding hydrogens is 320 g/mol. The smallest absolute Gasteiger partial charge is 0.222 e. The average molecular weight is 342 g/mol. The van der Waals surface area contributed by atoms with Gasteiger partial charge in [0.15, 0.2) is 0 Å².